The maximum Gasteiger partial charge on any atom is 0.126 e. The van der Waals surface area contributed by atoms with Crippen LogP contribution in [0.25, 0.3) is 0 Å². The Balaban J connectivity index is 1.78. The first-order chi connectivity index (χ1) is 14.1. The monoisotopic (exact) mass is 412 g/mol. The van der Waals surface area contributed by atoms with Crippen LogP contribution in [0.2, 0.25) is 0 Å². The van der Waals surface area contributed by atoms with E-state index in [2.05, 4.69) is 53.7 Å². The van der Waals surface area contributed by atoms with E-state index < -0.39 is 0 Å². The van der Waals surface area contributed by atoms with E-state index in [1.807, 2.05) is 13.0 Å². The van der Waals surface area contributed by atoms with Crippen LogP contribution in [0.15, 0.2) is 29.4 Å². The van der Waals surface area contributed by atoms with E-state index in [-0.39, 0.29) is 5.60 Å². The number of allylic oxidation sites excluding steroid dienone is 4. The van der Waals surface area contributed by atoms with Crippen LogP contribution in [0.1, 0.15) is 103 Å². The van der Waals surface area contributed by atoms with E-state index in [1.165, 1.54) is 43.3 Å². The molecule has 2 atom stereocenters. The molecule has 0 spiro atoms. The predicted octanol–water partition coefficient (Wildman–Crippen LogP) is 8.37. The van der Waals surface area contributed by atoms with Crippen molar-refractivity contribution >= 4 is 0 Å². The van der Waals surface area contributed by atoms with Crippen LogP contribution in [0.5, 0.6) is 11.5 Å². The molecule has 168 valence electrons. The summed E-state index contributed by atoms with van der Waals surface area (Å²) in [6.45, 7) is 15.3. The fourth-order valence-corrected chi connectivity index (χ4v) is 4.40. The Morgan fingerprint density at radius 1 is 1.13 bits per heavy atom. The molecule has 2 rings (SSSR count). The van der Waals surface area contributed by atoms with Crippen molar-refractivity contribution in [3.05, 3.63) is 46.1 Å². The van der Waals surface area contributed by atoms with Crippen molar-refractivity contribution < 1.29 is 9.84 Å². The lowest BCUT2D eigenvalue weighted by Crippen LogP contribution is -2.36. The normalized spacial score (nSPS) is 19.8. The fourth-order valence-electron chi connectivity index (χ4n) is 4.40. The highest BCUT2D eigenvalue weighted by Crippen LogP contribution is 2.41. The van der Waals surface area contributed by atoms with Crippen molar-refractivity contribution in [3.8, 4) is 11.5 Å². The van der Waals surface area contributed by atoms with Gasteiger partial charge in [-0.2, -0.15) is 0 Å². The minimum absolute atomic E-state index is 0.114. The third-order valence-electron chi connectivity index (χ3n) is 6.81. The topological polar surface area (TPSA) is 29.5 Å². The summed E-state index contributed by atoms with van der Waals surface area (Å²) in [5, 5.41) is 10.1. The van der Waals surface area contributed by atoms with Gasteiger partial charge in [-0.1, -0.05) is 36.6 Å². The molecule has 0 radical (unpaired) electrons. The summed E-state index contributed by atoms with van der Waals surface area (Å²) in [6, 6.07) is 1.89. The van der Waals surface area contributed by atoms with Crippen LogP contribution in [0, 0.1) is 19.8 Å². The van der Waals surface area contributed by atoms with Crippen molar-refractivity contribution in [1.82, 2.24) is 0 Å². The van der Waals surface area contributed by atoms with Crippen LogP contribution in [0.3, 0.4) is 0 Å². The quantitative estimate of drug-likeness (QED) is 0.391. The van der Waals surface area contributed by atoms with Gasteiger partial charge in [0, 0.05) is 0 Å². The maximum atomic E-state index is 10.1. The van der Waals surface area contributed by atoms with Gasteiger partial charge in [0.2, 0.25) is 0 Å². The van der Waals surface area contributed by atoms with Gasteiger partial charge >= 0.3 is 0 Å². The van der Waals surface area contributed by atoms with E-state index in [0.29, 0.717) is 5.75 Å². The largest absolute Gasteiger partial charge is 0.508 e. The smallest absolute Gasteiger partial charge is 0.126 e. The van der Waals surface area contributed by atoms with E-state index in [0.717, 1.165) is 54.0 Å². The molecule has 0 aromatic heterocycles. The molecule has 1 aromatic rings. The van der Waals surface area contributed by atoms with E-state index in [9.17, 15) is 5.11 Å². The number of aryl methyl sites for hydroxylation is 1. The van der Waals surface area contributed by atoms with Gasteiger partial charge < -0.3 is 9.84 Å². The summed E-state index contributed by atoms with van der Waals surface area (Å²) >= 11 is 0. The Morgan fingerprint density at radius 3 is 2.57 bits per heavy atom. The van der Waals surface area contributed by atoms with Crippen LogP contribution in [-0.2, 0) is 6.42 Å². The second kappa shape index (κ2) is 11.1. The molecular formula is C28H44O2. The molecule has 0 saturated carbocycles. The molecule has 0 saturated heterocycles. The van der Waals surface area contributed by atoms with Gasteiger partial charge in [0.15, 0.2) is 0 Å². The van der Waals surface area contributed by atoms with Crippen molar-refractivity contribution in [2.45, 2.75) is 112 Å². The van der Waals surface area contributed by atoms with Crippen molar-refractivity contribution in [3.63, 3.8) is 0 Å². The molecule has 1 aliphatic rings. The zero-order chi connectivity index (χ0) is 22.3. The lowest BCUT2D eigenvalue weighted by molar-refractivity contribution is 0.0560. The Kier molecular flexibility index (Phi) is 9.07. The summed E-state index contributed by atoms with van der Waals surface area (Å²) in [6.07, 6.45) is 15.3. The number of ether oxygens (including phenoxy) is 1. The second-order valence-corrected chi connectivity index (χ2v) is 10.1. The average molecular weight is 413 g/mol. The molecule has 0 fully saturated rings. The number of hydrogen-bond acceptors (Lipinski definition) is 2. The molecule has 2 nitrogen and oxygen atoms in total. The molecule has 0 amide bonds. The zero-order valence-corrected chi connectivity index (χ0v) is 20.5. The molecule has 0 bridgehead atoms. The maximum absolute atomic E-state index is 10.1. The van der Waals surface area contributed by atoms with Gasteiger partial charge in [-0.15, -0.1) is 0 Å². The minimum atomic E-state index is -0.114. The number of phenolic OH excluding ortho intramolecular Hbond substituents is 1. The molecule has 1 heterocycles. The molecule has 1 aromatic carbocycles. The molecule has 2 heteroatoms. The molecule has 1 N–H and O–H groups in total. The van der Waals surface area contributed by atoms with Gasteiger partial charge in [-0.3, -0.25) is 0 Å². The predicted molar refractivity (Wildman–Crippen MR) is 130 cm³/mol. The summed E-state index contributed by atoms with van der Waals surface area (Å²) in [5.41, 5.74) is 6.01. The third-order valence-corrected chi connectivity index (χ3v) is 6.81. The highest BCUT2D eigenvalue weighted by Gasteiger charge is 2.32. The fraction of sp³-hybridized carbons (Fsp3) is 0.643. The summed E-state index contributed by atoms with van der Waals surface area (Å²) in [5.74, 6) is 2.21. The summed E-state index contributed by atoms with van der Waals surface area (Å²) < 4.78 is 6.49. The molecule has 0 aliphatic carbocycles. The standard InChI is InChI=1S/C28H44O2/c1-20(2)11-8-12-21(3)13-9-14-22(4)15-10-17-28(7)18-16-25-19-26(29)23(5)24(6)27(25)30-28/h11,15,19,21,29H,8-10,12-14,16-18H2,1-7H3/t21-,28-/m1/s1. The second-order valence-electron chi connectivity index (χ2n) is 10.1. The van der Waals surface area contributed by atoms with Gasteiger partial charge in [0.05, 0.1) is 0 Å². The highest BCUT2D eigenvalue weighted by molar-refractivity contribution is 5.53. The van der Waals surface area contributed by atoms with Gasteiger partial charge in [-0.25, -0.2) is 0 Å². The lowest BCUT2D eigenvalue weighted by Gasteiger charge is -2.37. The van der Waals surface area contributed by atoms with Crippen molar-refractivity contribution in [2.75, 3.05) is 0 Å². The van der Waals surface area contributed by atoms with E-state index in [1.54, 1.807) is 0 Å². The average Bonchev–Trinajstić information content (AvgIpc) is 2.67. The number of fused-ring (bicyclic) bond motifs is 1. The summed E-state index contributed by atoms with van der Waals surface area (Å²) in [7, 11) is 0. The van der Waals surface area contributed by atoms with Crippen LogP contribution in [0.4, 0.5) is 0 Å². The molecule has 1 aliphatic heterocycles. The SMILES string of the molecule is CC(C)=CCC[C@@H](C)CCCC(C)=CCC[C@]1(C)CCc2cc(O)c(C)c(C)c2O1. The van der Waals surface area contributed by atoms with Crippen molar-refractivity contribution in [2.24, 2.45) is 5.92 Å². The lowest BCUT2D eigenvalue weighted by atomic mass is 9.86. The third kappa shape index (κ3) is 7.22. The Labute approximate surface area is 185 Å². The van der Waals surface area contributed by atoms with Crippen LogP contribution in [-0.4, -0.2) is 10.7 Å². The number of hydrogen-bond donors (Lipinski definition) is 1. The van der Waals surface area contributed by atoms with Gasteiger partial charge in [0.25, 0.3) is 0 Å². The first-order valence-electron chi connectivity index (χ1n) is 11.9. The molecule has 30 heavy (non-hydrogen) atoms. The first-order valence-corrected chi connectivity index (χ1v) is 11.9. The Morgan fingerprint density at radius 2 is 1.87 bits per heavy atom. The molecular weight excluding hydrogens is 368 g/mol. The number of phenols is 1. The van der Waals surface area contributed by atoms with Gasteiger partial charge in [0.1, 0.15) is 17.1 Å². The molecule has 0 unspecified atom stereocenters. The summed E-state index contributed by atoms with van der Waals surface area (Å²) in [4.78, 5) is 0. The number of benzene rings is 1. The first kappa shape index (κ1) is 24.6. The van der Waals surface area contributed by atoms with E-state index >= 15 is 0 Å². The Hall–Kier alpha value is -1.70. The van der Waals surface area contributed by atoms with Crippen LogP contribution >= 0.6 is 0 Å². The van der Waals surface area contributed by atoms with Crippen molar-refractivity contribution in [1.29, 1.82) is 0 Å². The highest BCUT2D eigenvalue weighted by atomic mass is 16.5. The number of rotatable bonds is 10. The number of aromatic hydroxyl groups is 1. The van der Waals surface area contributed by atoms with Gasteiger partial charge in [-0.05, 0) is 122 Å². The van der Waals surface area contributed by atoms with Crippen LogP contribution < -0.4 is 4.74 Å². The zero-order valence-electron chi connectivity index (χ0n) is 20.5. The van der Waals surface area contributed by atoms with E-state index in [4.69, 9.17) is 4.74 Å². The Bertz CT molecular complexity index is 767. The minimum Gasteiger partial charge on any atom is -0.508 e.